The highest BCUT2D eigenvalue weighted by molar-refractivity contribution is 5.18. The molecular weight excluding hydrogens is 186 g/mol. The third-order valence-electron chi connectivity index (χ3n) is 4.37. The zero-order valence-corrected chi connectivity index (χ0v) is 10.3. The van der Waals surface area contributed by atoms with Crippen molar-refractivity contribution in [3.05, 3.63) is 18.2 Å². The Balaban J connectivity index is 2.01. The van der Waals surface area contributed by atoms with Crippen LogP contribution >= 0.6 is 0 Å². The van der Waals surface area contributed by atoms with Gasteiger partial charge in [-0.1, -0.05) is 27.7 Å². The van der Waals surface area contributed by atoms with Crippen LogP contribution in [0.5, 0.6) is 0 Å². The molecule has 0 spiro atoms. The van der Waals surface area contributed by atoms with Gasteiger partial charge in [0, 0.05) is 18.4 Å². The van der Waals surface area contributed by atoms with E-state index in [0.717, 1.165) is 5.82 Å². The summed E-state index contributed by atoms with van der Waals surface area (Å²) in [5, 5.41) is 3.64. The molecule has 1 aliphatic carbocycles. The number of hydrogen-bond donors (Lipinski definition) is 2. The van der Waals surface area contributed by atoms with E-state index in [1.165, 1.54) is 0 Å². The van der Waals surface area contributed by atoms with Gasteiger partial charge in [0.2, 0.25) is 0 Å². The number of rotatable bonds is 3. The van der Waals surface area contributed by atoms with Gasteiger partial charge in [-0.3, -0.25) is 0 Å². The molecule has 2 rings (SSSR count). The zero-order valence-electron chi connectivity index (χ0n) is 10.3. The molecule has 1 aromatic rings. The first-order valence-electron chi connectivity index (χ1n) is 5.62. The average Bonchev–Trinajstić information content (AvgIpc) is 2.65. The van der Waals surface area contributed by atoms with E-state index < -0.39 is 0 Å². The quantitative estimate of drug-likeness (QED) is 0.799. The Labute approximate surface area is 91.7 Å². The highest BCUT2D eigenvalue weighted by Gasteiger charge is 2.64. The summed E-state index contributed by atoms with van der Waals surface area (Å²) in [5.41, 5.74) is 0.766. The number of aromatic amines is 1. The Kier molecular flexibility index (Phi) is 2.19. The van der Waals surface area contributed by atoms with Crippen molar-refractivity contribution in [3.63, 3.8) is 0 Å². The van der Waals surface area contributed by atoms with Gasteiger partial charge in [-0.2, -0.15) is 0 Å². The van der Waals surface area contributed by atoms with Gasteiger partial charge in [-0.25, -0.2) is 4.98 Å². The fourth-order valence-corrected chi connectivity index (χ4v) is 2.46. The molecule has 1 fully saturated rings. The second-order valence-electron chi connectivity index (χ2n) is 5.74. The van der Waals surface area contributed by atoms with Crippen molar-refractivity contribution in [1.29, 1.82) is 0 Å². The van der Waals surface area contributed by atoms with Gasteiger partial charge in [-0.15, -0.1) is 0 Å². The highest BCUT2D eigenvalue weighted by atomic mass is 15.1. The van der Waals surface area contributed by atoms with Crippen molar-refractivity contribution in [2.75, 3.05) is 0 Å². The molecule has 1 unspecified atom stereocenters. The fourth-order valence-electron chi connectivity index (χ4n) is 2.46. The monoisotopic (exact) mass is 207 g/mol. The topological polar surface area (TPSA) is 40.7 Å². The summed E-state index contributed by atoms with van der Waals surface area (Å²) >= 11 is 0. The van der Waals surface area contributed by atoms with E-state index in [9.17, 15) is 0 Å². The lowest BCUT2D eigenvalue weighted by Crippen LogP contribution is -2.26. The van der Waals surface area contributed by atoms with Crippen molar-refractivity contribution in [2.24, 2.45) is 10.8 Å². The van der Waals surface area contributed by atoms with Crippen LogP contribution in [0.3, 0.4) is 0 Å². The van der Waals surface area contributed by atoms with Crippen LogP contribution in [0.15, 0.2) is 12.4 Å². The molecule has 1 aliphatic rings. The van der Waals surface area contributed by atoms with E-state index in [1.807, 2.05) is 6.20 Å². The van der Waals surface area contributed by atoms with Crippen LogP contribution in [-0.2, 0) is 0 Å². The maximum Gasteiger partial charge on any atom is 0.122 e. The van der Waals surface area contributed by atoms with Crippen LogP contribution in [0.4, 0.5) is 0 Å². The van der Waals surface area contributed by atoms with Crippen molar-refractivity contribution in [2.45, 2.75) is 46.7 Å². The SMILES string of the molecule is CC(NC1C(C)(C)C1(C)C)c1ncc[nH]1. The molecular formula is C12H21N3. The molecule has 84 valence electrons. The van der Waals surface area contributed by atoms with Crippen molar-refractivity contribution < 1.29 is 0 Å². The van der Waals surface area contributed by atoms with Gasteiger partial charge in [0.15, 0.2) is 0 Å². The zero-order chi connectivity index (χ0) is 11.3. The summed E-state index contributed by atoms with van der Waals surface area (Å²) in [6.07, 6.45) is 3.67. The number of hydrogen-bond acceptors (Lipinski definition) is 2. The predicted octanol–water partition coefficient (Wildman–Crippen LogP) is 2.49. The maximum absolute atomic E-state index is 4.27. The second kappa shape index (κ2) is 3.08. The number of nitrogens with one attached hydrogen (secondary N) is 2. The average molecular weight is 207 g/mol. The normalized spacial score (nSPS) is 25.1. The summed E-state index contributed by atoms with van der Waals surface area (Å²) in [6.45, 7) is 11.4. The van der Waals surface area contributed by atoms with Crippen LogP contribution in [0.1, 0.15) is 46.5 Å². The minimum Gasteiger partial charge on any atom is -0.347 e. The van der Waals surface area contributed by atoms with Crippen molar-refractivity contribution >= 4 is 0 Å². The molecule has 3 heteroatoms. The first-order valence-corrected chi connectivity index (χ1v) is 5.62. The Morgan fingerprint density at radius 2 is 1.93 bits per heavy atom. The van der Waals surface area contributed by atoms with Gasteiger partial charge >= 0.3 is 0 Å². The molecule has 1 saturated carbocycles. The lowest BCUT2D eigenvalue weighted by atomic mass is 10.0. The fraction of sp³-hybridized carbons (Fsp3) is 0.750. The molecule has 0 aromatic carbocycles. The molecule has 0 radical (unpaired) electrons. The number of imidazole rings is 1. The van der Waals surface area contributed by atoms with Gasteiger partial charge in [0.1, 0.15) is 5.82 Å². The summed E-state index contributed by atoms with van der Waals surface area (Å²) in [5.74, 6) is 1.02. The van der Waals surface area contributed by atoms with E-state index in [0.29, 0.717) is 22.9 Å². The van der Waals surface area contributed by atoms with Crippen LogP contribution in [0, 0.1) is 10.8 Å². The van der Waals surface area contributed by atoms with Gasteiger partial charge < -0.3 is 10.3 Å². The molecule has 0 saturated heterocycles. The molecule has 1 atom stereocenters. The first kappa shape index (κ1) is 10.7. The second-order valence-corrected chi connectivity index (χ2v) is 5.74. The van der Waals surface area contributed by atoms with Gasteiger partial charge in [-0.05, 0) is 17.8 Å². The van der Waals surface area contributed by atoms with E-state index in [4.69, 9.17) is 0 Å². The number of H-pyrrole nitrogens is 1. The summed E-state index contributed by atoms with van der Waals surface area (Å²) in [6, 6.07) is 0.871. The number of nitrogens with zero attached hydrogens (tertiary/aromatic N) is 1. The van der Waals surface area contributed by atoms with Gasteiger partial charge in [0.25, 0.3) is 0 Å². The molecule has 1 heterocycles. The predicted molar refractivity (Wildman–Crippen MR) is 61.5 cm³/mol. The Bertz CT molecular complexity index is 324. The highest BCUT2D eigenvalue weighted by Crippen LogP contribution is 2.63. The minimum atomic E-state index is 0.297. The lowest BCUT2D eigenvalue weighted by Gasteiger charge is -2.12. The standard InChI is InChI=1S/C12H21N3/c1-8(9-13-6-7-14-9)15-10-11(2,3)12(10,4)5/h6-8,10,15H,1-5H3,(H,13,14). The van der Waals surface area contributed by atoms with E-state index >= 15 is 0 Å². The van der Waals surface area contributed by atoms with Crippen LogP contribution in [0.25, 0.3) is 0 Å². The van der Waals surface area contributed by atoms with E-state index in [-0.39, 0.29) is 0 Å². The van der Waals surface area contributed by atoms with Crippen LogP contribution in [-0.4, -0.2) is 16.0 Å². The summed E-state index contributed by atoms with van der Waals surface area (Å²) < 4.78 is 0. The Hall–Kier alpha value is -0.830. The third-order valence-corrected chi connectivity index (χ3v) is 4.37. The van der Waals surface area contributed by atoms with Crippen LogP contribution in [0.2, 0.25) is 0 Å². The Morgan fingerprint density at radius 1 is 1.33 bits per heavy atom. The Morgan fingerprint density at radius 3 is 2.33 bits per heavy atom. The molecule has 2 N–H and O–H groups in total. The third kappa shape index (κ3) is 1.49. The lowest BCUT2D eigenvalue weighted by molar-refractivity contribution is 0.457. The maximum atomic E-state index is 4.27. The molecule has 0 bridgehead atoms. The molecule has 0 amide bonds. The first-order chi connectivity index (χ1) is 6.87. The molecule has 3 nitrogen and oxygen atoms in total. The molecule has 0 aliphatic heterocycles. The summed E-state index contributed by atoms with van der Waals surface area (Å²) in [7, 11) is 0. The largest absolute Gasteiger partial charge is 0.347 e. The van der Waals surface area contributed by atoms with Crippen molar-refractivity contribution in [3.8, 4) is 0 Å². The summed E-state index contributed by atoms with van der Waals surface area (Å²) in [4.78, 5) is 7.43. The van der Waals surface area contributed by atoms with E-state index in [2.05, 4.69) is 49.9 Å². The molecule has 1 aromatic heterocycles. The number of aromatic nitrogens is 2. The smallest absolute Gasteiger partial charge is 0.122 e. The minimum absolute atomic E-state index is 0.297. The van der Waals surface area contributed by atoms with E-state index in [1.54, 1.807) is 6.20 Å². The van der Waals surface area contributed by atoms with Crippen molar-refractivity contribution in [1.82, 2.24) is 15.3 Å². The molecule has 15 heavy (non-hydrogen) atoms. The van der Waals surface area contributed by atoms with Crippen LogP contribution < -0.4 is 5.32 Å². The van der Waals surface area contributed by atoms with Gasteiger partial charge in [0.05, 0.1) is 6.04 Å².